The van der Waals surface area contributed by atoms with Gasteiger partial charge in [0.2, 0.25) is 0 Å². The number of carbonyl (C=O) groups excluding carboxylic acids is 1. The van der Waals surface area contributed by atoms with E-state index < -0.39 is 43.0 Å². The zero-order valence-electron chi connectivity index (χ0n) is 22.3. The average Bonchev–Trinajstić information content (AvgIpc) is 3.78. The summed E-state index contributed by atoms with van der Waals surface area (Å²) in [6.07, 6.45) is 0.513. The number of hydrogen-bond acceptors (Lipinski definition) is 15. The second-order valence-electron chi connectivity index (χ2n) is 9.60. The fourth-order valence-electron chi connectivity index (χ4n) is 5.12. The first-order chi connectivity index (χ1) is 20.3. The van der Waals surface area contributed by atoms with Crippen LogP contribution in [0.1, 0.15) is 27.3 Å². The zero-order valence-corrected chi connectivity index (χ0v) is 25.8. The van der Waals surface area contributed by atoms with Gasteiger partial charge in [-0.3, -0.25) is 0 Å². The Bertz CT molecular complexity index is 1590. The predicted octanol–water partition coefficient (Wildman–Crippen LogP) is 0.851. The van der Waals surface area contributed by atoms with Gasteiger partial charge in [0.25, 0.3) is 0 Å². The molecular formula is C25H36N10O7Se2. The van der Waals surface area contributed by atoms with E-state index in [2.05, 4.69) is 41.5 Å². The summed E-state index contributed by atoms with van der Waals surface area (Å²) in [7, 11) is 0. The summed E-state index contributed by atoms with van der Waals surface area (Å²) in [6, 6.07) is 0. The monoisotopic (exact) mass is 748 g/mol. The standard InChI is InChI=1S/C12H13N5O4Se.C11H15N5O3Se.2CH4/c1-22-2-5-7-8(21-12(18)20-7)11(19-5)17-4-16-6-9(13)14-3-15-10(6)17;1-20-2-5-7(17)8(18)11(19-5)16-4-15-6-9(12)13-3-14-10(6)16;;/h3-5,7-8,11H,2H2,1H3,(H2,13,14,15);3-5,7-8,11,17-18H,2H2,1H3,(H2,12,13,14);2*1H4/t2*5-,7?,8+,11-;;/m11../s1. The number of imidazole rings is 2. The van der Waals surface area contributed by atoms with Crippen LogP contribution in [0.2, 0.25) is 22.3 Å². The Morgan fingerprint density at radius 3 is 1.82 bits per heavy atom. The molecule has 0 aromatic carbocycles. The summed E-state index contributed by atoms with van der Waals surface area (Å²) >= 11 is 0.743. The van der Waals surface area contributed by atoms with Gasteiger partial charge in [0.05, 0.1) is 0 Å². The van der Waals surface area contributed by atoms with Crippen molar-refractivity contribution in [2.24, 2.45) is 0 Å². The number of nitrogens with zero attached hydrogens (tertiary/aromatic N) is 8. The molecule has 7 heterocycles. The molecular weight excluding hydrogens is 710 g/mol. The number of anilines is 2. The first kappa shape index (κ1) is 33.7. The second kappa shape index (κ2) is 13.9. The molecule has 17 nitrogen and oxygen atoms in total. The molecule has 4 aromatic rings. The number of aromatic nitrogens is 8. The molecule has 7 rings (SSSR count). The Balaban J connectivity index is 0.000000193. The molecule has 0 saturated carbocycles. The van der Waals surface area contributed by atoms with Crippen molar-refractivity contribution in [1.29, 1.82) is 0 Å². The van der Waals surface area contributed by atoms with Gasteiger partial charge < -0.3 is 0 Å². The van der Waals surface area contributed by atoms with Crippen molar-refractivity contribution in [3.8, 4) is 0 Å². The Morgan fingerprint density at radius 1 is 0.750 bits per heavy atom. The molecule has 3 aliphatic heterocycles. The summed E-state index contributed by atoms with van der Waals surface area (Å²) in [5.41, 5.74) is 13.5. The van der Waals surface area contributed by atoms with Gasteiger partial charge in [-0.05, 0) is 0 Å². The number of fused-ring (bicyclic) bond motifs is 3. The van der Waals surface area contributed by atoms with E-state index >= 15 is 0 Å². The molecule has 2 unspecified atom stereocenters. The Hall–Kier alpha value is -3.15. The summed E-state index contributed by atoms with van der Waals surface area (Å²) < 4.78 is 25.6. The van der Waals surface area contributed by atoms with Crippen LogP contribution in [0.3, 0.4) is 0 Å². The number of nitrogens with two attached hydrogens (primary N) is 2. The average molecular weight is 747 g/mol. The van der Waals surface area contributed by atoms with Gasteiger partial charge in [-0.15, -0.1) is 0 Å². The molecule has 0 bridgehead atoms. The van der Waals surface area contributed by atoms with Crippen LogP contribution in [0.25, 0.3) is 22.3 Å². The SMILES string of the molecule is C.C.C[Se]C[C@H]1O[C@@H](n2cnc3c(N)ncnc32)[C@@H](O)C1O.C[Se]C[C@H]1O[C@@H](n2cnc3c(N)ncnc32)[C@H]2OC(=O)OC12. The maximum absolute atomic E-state index is 11.5. The van der Waals surface area contributed by atoms with Gasteiger partial charge in [-0.2, -0.15) is 0 Å². The van der Waals surface area contributed by atoms with Crippen molar-refractivity contribution < 1.29 is 34.0 Å². The molecule has 19 heteroatoms. The van der Waals surface area contributed by atoms with E-state index in [1.807, 2.05) is 0 Å². The first-order valence-electron chi connectivity index (χ1n) is 12.7. The Kier molecular flexibility index (Phi) is 10.6. The van der Waals surface area contributed by atoms with Gasteiger partial charge in [0.1, 0.15) is 0 Å². The van der Waals surface area contributed by atoms with E-state index in [0.29, 0.717) is 58.1 Å². The number of hydrogen-bond donors (Lipinski definition) is 4. The van der Waals surface area contributed by atoms with Gasteiger partial charge in [0, 0.05) is 0 Å². The normalized spacial score (nSPS) is 28.9. The third-order valence-corrected chi connectivity index (χ3v) is 9.85. The van der Waals surface area contributed by atoms with Crippen molar-refractivity contribution in [2.75, 3.05) is 11.5 Å². The van der Waals surface area contributed by atoms with Crippen LogP contribution >= 0.6 is 0 Å². The van der Waals surface area contributed by atoms with Crippen LogP contribution in [-0.2, 0) is 18.9 Å². The molecule has 3 fully saturated rings. The van der Waals surface area contributed by atoms with E-state index in [1.165, 1.54) is 19.0 Å². The summed E-state index contributed by atoms with van der Waals surface area (Å²) in [5.74, 6) is 4.74. The molecule has 3 aliphatic rings. The molecule has 44 heavy (non-hydrogen) atoms. The number of nitrogen functional groups attached to an aromatic ring is 2. The van der Waals surface area contributed by atoms with Crippen LogP contribution in [0.15, 0.2) is 25.3 Å². The van der Waals surface area contributed by atoms with Crippen molar-refractivity contribution >= 4 is 70.0 Å². The number of ether oxygens (including phenoxy) is 4. The maximum atomic E-state index is 11.5. The number of aliphatic hydroxyl groups excluding tert-OH is 2. The van der Waals surface area contributed by atoms with Crippen molar-refractivity contribution in [3.05, 3.63) is 25.3 Å². The predicted molar refractivity (Wildman–Crippen MR) is 161 cm³/mol. The van der Waals surface area contributed by atoms with Gasteiger partial charge >= 0.3 is 251 Å². The first-order valence-corrected chi connectivity index (χ1v) is 18.6. The minimum absolute atomic E-state index is 0. The van der Waals surface area contributed by atoms with Crippen LogP contribution in [0.5, 0.6) is 0 Å². The Labute approximate surface area is 265 Å². The molecule has 6 N–H and O–H groups in total. The van der Waals surface area contributed by atoms with Crippen molar-refractivity contribution in [2.45, 2.75) is 86.2 Å². The number of rotatable bonds is 6. The second-order valence-corrected chi connectivity index (χ2v) is 13.4. The zero-order chi connectivity index (χ0) is 29.5. The molecule has 0 amide bonds. The van der Waals surface area contributed by atoms with Gasteiger partial charge in [-0.1, -0.05) is 14.9 Å². The summed E-state index contributed by atoms with van der Waals surface area (Å²) in [5, 5.41) is 21.8. The molecule has 0 aliphatic carbocycles. The minimum atomic E-state index is -1.02. The molecule has 240 valence electrons. The number of carbonyl (C=O) groups is 1. The van der Waals surface area contributed by atoms with E-state index in [-0.39, 0.29) is 32.9 Å². The van der Waals surface area contributed by atoms with Crippen LogP contribution in [-0.4, -0.2) is 122 Å². The fourth-order valence-corrected chi connectivity index (χ4v) is 7.64. The van der Waals surface area contributed by atoms with Crippen molar-refractivity contribution in [1.82, 2.24) is 39.0 Å². The summed E-state index contributed by atoms with van der Waals surface area (Å²) in [6.45, 7) is 0. The number of aliphatic hydroxyl groups is 2. The molecule has 3 saturated heterocycles. The van der Waals surface area contributed by atoms with E-state index in [9.17, 15) is 15.0 Å². The van der Waals surface area contributed by atoms with E-state index in [1.54, 1.807) is 15.5 Å². The topological polar surface area (TPSA) is 234 Å². The quantitative estimate of drug-likeness (QED) is 0.158. The van der Waals surface area contributed by atoms with Gasteiger partial charge in [0.15, 0.2) is 0 Å². The van der Waals surface area contributed by atoms with Crippen molar-refractivity contribution in [3.63, 3.8) is 0 Å². The van der Waals surface area contributed by atoms with Crippen LogP contribution in [0.4, 0.5) is 16.4 Å². The Morgan fingerprint density at radius 2 is 1.25 bits per heavy atom. The third-order valence-electron chi connectivity index (χ3n) is 7.07. The molecule has 4 aromatic heterocycles. The molecule has 8 atom stereocenters. The fraction of sp³-hybridized carbons (Fsp3) is 0.560. The summed E-state index contributed by atoms with van der Waals surface area (Å²) in [4.78, 5) is 35.9. The third kappa shape index (κ3) is 5.93. The van der Waals surface area contributed by atoms with E-state index in [0.717, 1.165) is 10.6 Å². The molecule has 0 spiro atoms. The van der Waals surface area contributed by atoms with Gasteiger partial charge in [-0.25, -0.2) is 0 Å². The molecule has 0 radical (unpaired) electrons. The van der Waals surface area contributed by atoms with Crippen LogP contribution < -0.4 is 11.5 Å². The van der Waals surface area contributed by atoms with Crippen LogP contribution in [0, 0.1) is 0 Å². The van der Waals surface area contributed by atoms with E-state index in [4.69, 9.17) is 30.4 Å².